The van der Waals surface area contributed by atoms with E-state index in [0.717, 1.165) is 5.56 Å². The van der Waals surface area contributed by atoms with Crippen molar-refractivity contribution < 1.29 is 23.4 Å². The summed E-state index contributed by atoms with van der Waals surface area (Å²) in [7, 11) is 0. The molecule has 2 aromatic carbocycles. The molecule has 2 aliphatic heterocycles. The van der Waals surface area contributed by atoms with Crippen molar-refractivity contribution in [3.63, 3.8) is 0 Å². The topological polar surface area (TPSA) is 57.1 Å². The minimum Gasteiger partial charge on any atom is -0.486 e. The molecule has 0 fully saturated rings. The van der Waals surface area contributed by atoms with E-state index >= 15 is 0 Å². The Morgan fingerprint density at radius 1 is 1.00 bits per heavy atom. The highest BCUT2D eigenvalue weighted by Crippen LogP contribution is 2.32. The number of hydrogen-bond acceptors (Lipinski definition) is 5. The Labute approximate surface area is 137 Å². The third-order valence-electron chi connectivity index (χ3n) is 3.58. The summed E-state index contributed by atoms with van der Waals surface area (Å²) in [5.41, 5.74) is 1.46. The Bertz CT molecular complexity index is 871. The van der Waals surface area contributed by atoms with Gasteiger partial charge in [0.1, 0.15) is 19.0 Å². The summed E-state index contributed by atoms with van der Waals surface area (Å²) >= 11 is 0. The average Bonchev–Trinajstić information content (AvgIpc) is 2.96. The van der Waals surface area contributed by atoms with Crippen LogP contribution in [0.25, 0.3) is 6.08 Å². The van der Waals surface area contributed by atoms with E-state index in [2.05, 4.69) is 4.99 Å². The number of esters is 1. The van der Waals surface area contributed by atoms with E-state index in [1.165, 1.54) is 24.3 Å². The van der Waals surface area contributed by atoms with Crippen molar-refractivity contribution in [2.24, 2.45) is 4.99 Å². The molecule has 0 bridgehead atoms. The molecule has 24 heavy (non-hydrogen) atoms. The third-order valence-corrected chi connectivity index (χ3v) is 3.58. The molecule has 0 radical (unpaired) electrons. The van der Waals surface area contributed by atoms with Gasteiger partial charge in [-0.3, -0.25) is 0 Å². The molecule has 0 N–H and O–H groups in total. The molecule has 4 rings (SSSR count). The van der Waals surface area contributed by atoms with Gasteiger partial charge in [-0.2, -0.15) is 0 Å². The van der Waals surface area contributed by atoms with Crippen molar-refractivity contribution in [3.8, 4) is 11.5 Å². The van der Waals surface area contributed by atoms with Crippen LogP contribution in [0, 0.1) is 5.82 Å². The van der Waals surface area contributed by atoms with E-state index in [4.69, 9.17) is 14.2 Å². The Balaban J connectivity index is 1.64. The molecule has 6 heteroatoms. The van der Waals surface area contributed by atoms with Gasteiger partial charge in [-0.05, 0) is 48.0 Å². The molecule has 0 saturated carbocycles. The first-order chi connectivity index (χ1) is 11.7. The van der Waals surface area contributed by atoms with E-state index in [1.807, 2.05) is 0 Å². The van der Waals surface area contributed by atoms with Crippen molar-refractivity contribution in [3.05, 3.63) is 65.1 Å². The van der Waals surface area contributed by atoms with Crippen molar-refractivity contribution in [2.45, 2.75) is 0 Å². The third kappa shape index (κ3) is 2.74. The van der Waals surface area contributed by atoms with Crippen LogP contribution in [-0.4, -0.2) is 25.1 Å². The number of carbonyl (C=O) groups is 1. The van der Waals surface area contributed by atoms with Crippen LogP contribution in [0.3, 0.4) is 0 Å². The molecule has 0 amide bonds. The summed E-state index contributed by atoms with van der Waals surface area (Å²) in [4.78, 5) is 16.2. The van der Waals surface area contributed by atoms with E-state index < -0.39 is 5.97 Å². The highest BCUT2D eigenvalue weighted by molar-refractivity contribution is 6.12. The van der Waals surface area contributed by atoms with Gasteiger partial charge in [-0.1, -0.05) is 6.07 Å². The summed E-state index contributed by atoms with van der Waals surface area (Å²) in [6.07, 6.45) is 1.61. The SMILES string of the molecule is O=C1OC(c2ccc(F)cc2)=NC1=Cc1ccc2c(c1)OCCO2. The minimum absolute atomic E-state index is 0.156. The highest BCUT2D eigenvalue weighted by atomic mass is 19.1. The molecule has 0 spiro atoms. The second-order valence-electron chi connectivity index (χ2n) is 5.25. The maximum Gasteiger partial charge on any atom is 0.363 e. The monoisotopic (exact) mass is 325 g/mol. The number of nitrogens with zero attached hydrogens (tertiary/aromatic N) is 1. The number of fused-ring (bicyclic) bond motifs is 1. The van der Waals surface area contributed by atoms with Crippen LogP contribution in [0.4, 0.5) is 4.39 Å². The van der Waals surface area contributed by atoms with Gasteiger partial charge >= 0.3 is 5.97 Å². The fraction of sp³-hybridized carbons (Fsp3) is 0.111. The number of rotatable bonds is 2. The van der Waals surface area contributed by atoms with Crippen molar-refractivity contribution >= 4 is 17.9 Å². The molecule has 0 unspecified atom stereocenters. The lowest BCUT2D eigenvalue weighted by Gasteiger charge is -2.18. The number of benzene rings is 2. The van der Waals surface area contributed by atoms with Crippen molar-refractivity contribution in [2.75, 3.05) is 13.2 Å². The predicted molar refractivity (Wildman–Crippen MR) is 84.4 cm³/mol. The summed E-state index contributed by atoms with van der Waals surface area (Å²) < 4.78 is 29.1. The maximum atomic E-state index is 13.0. The highest BCUT2D eigenvalue weighted by Gasteiger charge is 2.24. The number of cyclic esters (lactones) is 1. The molecular formula is C18H12FNO4. The molecular weight excluding hydrogens is 313 g/mol. The van der Waals surface area contributed by atoms with Crippen molar-refractivity contribution in [1.82, 2.24) is 0 Å². The molecule has 5 nitrogen and oxygen atoms in total. The second-order valence-corrected chi connectivity index (χ2v) is 5.25. The smallest absolute Gasteiger partial charge is 0.363 e. The van der Waals surface area contributed by atoms with Gasteiger partial charge in [0.25, 0.3) is 0 Å². The van der Waals surface area contributed by atoms with Crippen LogP contribution >= 0.6 is 0 Å². The largest absolute Gasteiger partial charge is 0.486 e. The van der Waals surface area contributed by atoms with Crippen LogP contribution in [0.15, 0.2) is 53.2 Å². The standard InChI is InChI=1S/C18H12FNO4/c19-13-4-2-12(3-5-13)17-20-14(18(21)24-17)9-11-1-6-15-16(10-11)23-8-7-22-15/h1-6,9-10H,7-8H2. The zero-order chi connectivity index (χ0) is 16.5. The molecule has 0 aromatic heterocycles. The zero-order valence-corrected chi connectivity index (χ0v) is 12.5. The first kappa shape index (κ1) is 14.4. The van der Waals surface area contributed by atoms with Crippen LogP contribution in [0.2, 0.25) is 0 Å². The molecule has 2 aliphatic rings. The molecule has 2 heterocycles. The molecule has 2 aromatic rings. The molecule has 0 saturated heterocycles. The normalized spacial score (nSPS) is 17.6. The fourth-order valence-electron chi connectivity index (χ4n) is 2.43. The van der Waals surface area contributed by atoms with Crippen LogP contribution in [0.1, 0.15) is 11.1 Å². The van der Waals surface area contributed by atoms with E-state index in [-0.39, 0.29) is 17.4 Å². The van der Waals surface area contributed by atoms with Gasteiger partial charge in [0.05, 0.1) is 0 Å². The fourth-order valence-corrected chi connectivity index (χ4v) is 2.43. The maximum absolute atomic E-state index is 13.0. The molecule has 0 aliphatic carbocycles. The number of hydrogen-bond donors (Lipinski definition) is 0. The van der Waals surface area contributed by atoms with Gasteiger partial charge in [-0.15, -0.1) is 0 Å². The quantitative estimate of drug-likeness (QED) is 0.629. The Morgan fingerprint density at radius 3 is 2.54 bits per heavy atom. The second kappa shape index (κ2) is 5.81. The van der Waals surface area contributed by atoms with Crippen LogP contribution in [0.5, 0.6) is 11.5 Å². The van der Waals surface area contributed by atoms with E-state index in [9.17, 15) is 9.18 Å². The first-order valence-electron chi connectivity index (χ1n) is 7.37. The summed E-state index contributed by atoms with van der Waals surface area (Å²) in [6.45, 7) is 1.01. The molecule has 0 atom stereocenters. The summed E-state index contributed by atoms with van der Waals surface area (Å²) in [5.74, 6) is 0.543. The number of ether oxygens (including phenoxy) is 3. The number of carbonyl (C=O) groups excluding carboxylic acids is 1. The average molecular weight is 325 g/mol. The number of halogens is 1. The summed E-state index contributed by atoms with van der Waals surface area (Å²) in [6, 6.07) is 11.0. The van der Waals surface area contributed by atoms with Gasteiger partial charge in [0.15, 0.2) is 17.2 Å². The number of aliphatic imine (C=N–C) groups is 1. The lowest BCUT2D eigenvalue weighted by molar-refractivity contribution is -0.129. The lowest BCUT2D eigenvalue weighted by atomic mass is 10.1. The van der Waals surface area contributed by atoms with Gasteiger partial charge < -0.3 is 14.2 Å². The first-order valence-corrected chi connectivity index (χ1v) is 7.37. The van der Waals surface area contributed by atoms with Gasteiger partial charge in [0, 0.05) is 5.56 Å². The summed E-state index contributed by atoms with van der Waals surface area (Å²) in [5, 5.41) is 0. The lowest BCUT2D eigenvalue weighted by Crippen LogP contribution is -2.15. The Kier molecular flexibility index (Phi) is 3.49. The van der Waals surface area contributed by atoms with E-state index in [0.29, 0.717) is 30.3 Å². The van der Waals surface area contributed by atoms with Crippen LogP contribution in [-0.2, 0) is 9.53 Å². The van der Waals surface area contributed by atoms with Crippen molar-refractivity contribution in [1.29, 1.82) is 0 Å². The van der Waals surface area contributed by atoms with E-state index in [1.54, 1.807) is 24.3 Å². The predicted octanol–water partition coefficient (Wildman–Crippen LogP) is 2.94. The van der Waals surface area contributed by atoms with Crippen LogP contribution < -0.4 is 9.47 Å². The minimum atomic E-state index is -0.552. The Morgan fingerprint density at radius 2 is 1.75 bits per heavy atom. The van der Waals surface area contributed by atoms with Gasteiger partial charge in [-0.25, -0.2) is 14.2 Å². The zero-order valence-electron chi connectivity index (χ0n) is 12.5. The molecule has 120 valence electrons. The van der Waals surface area contributed by atoms with Gasteiger partial charge in [0.2, 0.25) is 5.90 Å². The Hall–Kier alpha value is -3.15.